The van der Waals surface area contributed by atoms with Crippen molar-refractivity contribution < 1.29 is 14.6 Å². The zero-order valence-electron chi connectivity index (χ0n) is 20.5. The Morgan fingerprint density at radius 2 is 1.74 bits per heavy atom. The van der Waals surface area contributed by atoms with Crippen LogP contribution in [0.2, 0.25) is 0 Å². The van der Waals surface area contributed by atoms with Gasteiger partial charge in [0.25, 0.3) is 0 Å². The summed E-state index contributed by atoms with van der Waals surface area (Å²) < 4.78 is 7.35. The second-order valence-corrected chi connectivity index (χ2v) is 9.40. The molecule has 3 N–H and O–H groups in total. The average Bonchev–Trinajstić information content (AvgIpc) is 3.07. The molecule has 0 bridgehead atoms. The van der Waals surface area contributed by atoms with Crippen LogP contribution in [0.1, 0.15) is 59.2 Å². The number of aromatic nitrogens is 3. The number of carboxylic acids is 1. The molecule has 0 aliphatic heterocycles. The molecule has 7 nitrogen and oxygen atoms in total. The maximum Gasteiger partial charge on any atom is 0.342 e. The maximum atomic E-state index is 11.5. The molecule has 0 unspecified atom stereocenters. The molecule has 0 spiro atoms. The van der Waals surface area contributed by atoms with Crippen LogP contribution in [0.5, 0.6) is 5.88 Å². The van der Waals surface area contributed by atoms with E-state index in [1.165, 1.54) is 16.4 Å². The molecule has 0 aliphatic carbocycles. The van der Waals surface area contributed by atoms with Crippen LogP contribution in [-0.2, 0) is 26.6 Å². The zero-order chi connectivity index (χ0) is 23.6. The topological polar surface area (TPSA) is 103 Å². The second kappa shape index (κ2) is 11.7. The van der Waals surface area contributed by atoms with Gasteiger partial charge in [-0.25, -0.2) is 4.79 Å². The minimum absolute atomic E-state index is 0. The highest BCUT2D eigenvalue weighted by atomic mass is 35.5. The predicted octanol–water partition coefficient (Wildman–Crippen LogP) is 5.27. The van der Waals surface area contributed by atoms with Crippen LogP contribution in [0, 0.1) is 19.3 Å². The van der Waals surface area contributed by atoms with Gasteiger partial charge < -0.3 is 15.6 Å². The predicted molar refractivity (Wildman–Crippen MR) is 139 cm³/mol. The zero-order valence-corrected chi connectivity index (χ0v) is 22.1. The van der Waals surface area contributed by atoms with Gasteiger partial charge in [0.2, 0.25) is 5.88 Å². The molecule has 0 aliphatic rings. The molecule has 0 saturated carbocycles. The van der Waals surface area contributed by atoms with E-state index in [1.807, 2.05) is 6.92 Å². The minimum Gasteiger partial charge on any atom is -0.477 e. The number of nitrogens with two attached hydrogens (primary N) is 1. The van der Waals surface area contributed by atoms with Crippen LogP contribution in [0.3, 0.4) is 0 Å². The van der Waals surface area contributed by atoms with Crippen molar-refractivity contribution in [3.8, 4) is 17.0 Å². The maximum absolute atomic E-state index is 11.5. The van der Waals surface area contributed by atoms with Gasteiger partial charge in [-0.05, 0) is 42.4 Å². The number of halogens is 2. The van der Waals surface area contributed by atoms with Gasteiger partial charge in [-0.2, -0.15) is 0 Å². The number of aryl methyl sites for hydroxylation is 3. The Kier molecular flexibility index (Phi) is 10.1. The van der Waals surface area contributed by atoms with Crippen molar-refractivity contribution in [1.82, 2.24) is 14.8 Å². The van der Waals surface area contributed by atoms with Crippen LogP contribution < -0.4 is 10.5 Å². The van der Waals surface area contributed by atoms with E-state index in [0.29, 0.717) is 6.54 Å². The van der Waals surface area contributed by atoms with Gasteiger partial charge in [0.05, 0.1) is 0 Å². The van der Waals surface area contributed by atoms with Gasteiger partial charge in [-0.1, -0.05) is 50.6 Å². The number of hydrogen-bond acceptors (Lipinski definition) is 5. The lowest BCUT2D eigenvalue weighted by Gasteiger charge is -2.24. The third-order valence-corrected chi connectivity index (χ3v) is 5.31. The first-order chi connectivity index (χ1) is 15.0. The molecular formula is C25H34Cl2N4O3. The third-order valence-electron chi connectivity index (χ3n) is 5.31. The van der Waals surface area contributed by atoms with E-state index >= 15 is 0 Å². The molecule has 0 saturated heterocycles. The van der Waals surface area contributed by atoms with Crippen molar-refractivity contribution in [2.24, 2.45) is 18.2 Å². The molecule has 0 atom stereocenters. The fourth-order valence-corrected chi connectivity index (χ4v) is 3.82. The molecule has 0 fully saturated rings. The number of benzene rings is 1. The molecule has 0 amide bonds. The number of pyridine rings is 1. The van der Waals surface area contributed by atoms with E-state index in [-0.39, 0.29) is 48.3 Å². The average molecular weight is 509 g/mol. The van der Waals surface area contributed by atoms with E-state index in [0.717, 1.165) is 40.1 Å². The Balaban J connectivity index is 0.00000289. The van der Waals surface area contributed by atoms with Gasteiger partial charge in [-0.15, -0.1) is 29.9 Å². The molecule has 2 heterocycles. The summed E-state index contributed by atoms with van der Waals surface area (Å²) in [6.45, 7) is 11.0. The van der Waals surface area contributed by atoms with Crippen LogP contribution in [0.25, 0.3) is 11.1 Å². The monoisotopic (exact) mass is 508 g/mol. The van der Waals surface area contributed by atoms with Crippen molar-refractivity contribution in [3.05, 3.63) is 64.1 Å². The largest absolute Gasteiger partial charge is 0.477 e. The Hall–Kier alpha value is -2.61. The molecule has 0 radical (unpaired) electrons. The van der Waals surface area contributed by atoms with E-state index < -0.39 is 5.97 Å². The van der Waals surface area contributed by atoms with Crippen LogP contribution in [0.4, 0.5) is 0 Å². The molecule has 34 heavy (non-hydrogen) atoms. The summed E-state index contributed by atoms with van der Waals surface area (Å²) >= 11 is 0. The summed E-state index contributed by atoms with van der Waals surface area (Å²) in [6.07, 6.45) is 2.23. The smallest absolute Gasteiger partial charge is 0.342 e. The minimum atomic E-state index is -1.08. The number of aromatic carboxylic acids is 1. The molecule has 3 rings (SSSR count). The van der Waals surface area contributed by atoms with Crippen molar-refractivity contribution in [1.29, 1.82) is 0 Å². The van der Waals surface area contributed by atoms with Crippen LogP contribution in [-0.4, -0.2) is 25.8 Å². The summed E-state index contributed by atoms with van der Waals surface area (Å²) in [5.41, 5.74) is 13.2. The molecule has 9 heteroatoms. The van der Waals surface area contributed by atoms with Gasteiger partial charge in [0.15, 0.2) is 0 Å². The number of nitrogens with zero attached hydrogens (tertiary/aromatic N) is 3. The Labute approximate surface area is 213 Å². The fourth-order valence-electron chi connectivity index (χ4n) is 3.82. The summed E-state index contributed by atoms with van der Waals surface area (Å²) in [6, 6.07) is 8.30. The van der Waals surface area contributed by atoms with Gasteiger partial charge in [0, 0.05) is 36.7 Å². The SMILES string of the molecule is Cc1ccc(-c2c(COc3nn(C)cc3C(=O)O)c(C)nc(CC(C)(C)C)c2CN)cc1.Cl.Cl. The molecule has 1 aromatic carbocycles. The number of carboxylic acid groups (broad SMARTS) is 1. The van der Waals surface area contributed by atoms with Crippen LogP contribution in [0.15, 0.2) is 30.5 Å². The van der Waals surface area contributed by atoms with E-state index in [9.17, 15) is 9.90 Å². The normalized spacial score (nSPS) is 10.9. The Morgan fingerprint density at radius 3 is 2.26 bits per heavy atom. The molecule has 3 aromatic rings. The highest BCUT2D eigenvalue weighted by molar-refractivity contribution is 5.89. The Bertz CT molecular complexity index is 1140. The van der Waals surface area contributed by atoms with Gasteiger partial charge in [0.1, 0.15) is 12.2 Å². The molecule has 186 valence electrons. The van der Waals surface area contributed by atoms with Gasteiger partial charge >= 0.3 is 5.97 Å². The number of rotatable bonds is 7. The van der Waals surface area contributed by atoms with Gasteiger partial charge in [-0.3, -0.25) is 9.67 Å². The van der Waals surface area contributed by atoms with Crippen LogP contribution >= 0.6 is 24.8 Å². The summed E-state index contributed by atoms with van der Waals surface area (Å²) in [5.74, 6) is -0.993. The van der Waals surface area contributed by atoms with E-state index in [2.05, 4.69) is 57.1 Å². The van der Waals surface area contributed by atoms with Crippen molar-refractivity contribution in [3.63, 3.8) is 0 Å². The molecule has 2 aromatic heterocycles. The fraction of sp³-hybridized carbons (Fsp3) is 0.400. The van der Waals surface area contributed by atoms with E-state index in [1.54, 1.807) is 7.05 Å². The lowest BCUT2D eigenvalue weighted by molar-refractivity contribution is 0.0691. The van der Waals surface area contributed by atoms with Crippen molar-refractivity contribution >= 4 is 30.8 Å². The summed E-state index contributed by atoms with van der Waals surface area (Å²) in [4.78, 5) is 16.5. The summed E-state index contributed by atoms with van der Waals surface area (Å²) in [7, 11) is 1.66. The highest BCUT2D eigenvalue weighted by Gasteiger charge is 2.23. The third kappa shape index (κ3) is 6.72. The summed E-state index contributed by atoms with van der Waals surface area (Å²) in [5, 5.41) is 13.6. The first-order valence-corrected chi connectivity index (χ1v) is 10.7. The second-order valence-electron chi connectivity index (χ2n) is 9.40. The quantitative estimate of drug-likeness (QED) is 0.450. The highest BCUT2D eigenvalue weighted by Crippen LogP contribution is 2.34. The number of ether oxygens (including phenoxy) is 1. The lowest BCUT2D eigenvalue weighted by Crippen LogP contribution is -2.18. The van der Waals surface area contributed by atoms with E-state index in [4.69, 9.17) is 15.5 Å². The van der Waals surface area contributed by atoms with Crippen molar-refractivity contribution in [2.75, 3.05) is 0 Å². The number of hydrogen-bond donors (Lipinski definition) is 2. The first kappa shape index (κ1) is 29.4. The van der Waals surface area contributed by atoms with Crippen molar-refractivity contribution in [2.45, 2.75) is 54.2 Å². The standard InChI is InChI=1S/C25H32N4O3.2ClH/c1-15-7-9-17(10-8-15)22-18(12-26)21(11-25(3,4)5)27-16(2)20(22)14-32-23-19(24(30)31)13-29(6)28-23;;/h7-10,13H,11-12,14,26H2,1-6H3,(H,30,31);2*1H. The Morgan fingerprint density at radius 1 is 1.12 bits per heavy atom. The lowest BCUT2D eigenvalue weighted by atomic mass is 9.85. The number of carbonyl (C=O) groups is 1. The first-order valence-electron chi connectivity index (χ1n) is 10.7. The molecular weight excluding hydrogens is 475 g/mol.